The predicted octanol–water partition coefficient (Wildman–Crippen LogP) is 7.08. The van der Waals surface area contributed by atoms with Gasteiger partial charge in [-0.15, -0.1) is 10.2 Å². The second-order valence-electron chi connectivity index (χ2n) is 7.86. The van der Waals surface area contributed by atoms with Crippen molar-refractivity contribution < 1.29 is 27.6 Å². The molecule has 12 heteroatoms. The van der Waals surface area contributed by atoms with Gasteiger partial charge in [-0.3, -0.25) is 9.35 Å². The maximum Gasteiger partial charge on any atom is 0.294 e. The third kappa shape index (κ3) is 5.37. The van der Waals surface area contributed by atoms with Crippen molar-refractivity contribution in [2.45, 2.75) is 11.8 Å². The molecule has 0 fully saturated rings. The lowest BCUT2D eigenvalue weighted by Gasteiger charge is -2.13. The van der Waals surface area contributed by atoms with E-state index in [2.05, 4.69) is 15.5 Å². The SMILES string of the molecule is COc1cccc(NC(=O)c2cc3ccccc3c(N=Nc3cc(C)c(S(=O)(=O)O)cc3Cl)c2O)c1Cl. The van der Waals surface area contributed by atoms with Gasteiger partial charge in [0.15, 0.2) is 5.75 Å². The Kier molecular flexibility index (Phi) is 7.37. The van der Waals surface area contributed by atoms with Crippen LogP contribution >= 0.6 is 23.2 Å². The Hall–Kier alpha value is -3.70. The molecule has 0 atom stereocenters. The minimum atomic E-state index is -4.48. The molecule has 190 valence electrons. The Morgan fingerprint density at radius 2 is 1.76 bits per heavy atom. The van der Waals surface area contributed by atoms with Crippen molar-refractivity contribution in [3.8, 4) is 11.5 Å². The number of ether oxygens (including phenoxy) is 1. The van der Waals surface area contributed by atoms with E-state index in [1.165, 1.54) is 26.2 Å². The van der Waals surface area contributed by atoms with E-state index >= 15 is 0 Å². The summed E-state index contributed by atoms with van der Waals surface area (Å²) in [6, 6.07) is 15.7. The Morgan fingerprint density at radius 1 is 1.03 bits per heavy atom. The molecule has 0 bridgehead atoms. The molecule has 0 aliphatic heterocycles. The van der Waals surface area contributed by atoms with Crippen LogP contribution < -0.4 is 10.1 Å². The first-order chi connectivity index (χ1) is 17.5. The standard InChI is InChI=1S/C25H19Cl2N3O6S/c1-13-10-19(17(26)12-21(13)37(33,34)35)29-30-23-15-7-4-3-6-14(15)11-16(24(23)31)25(32)28-18-8-5-9-20(36-2)22(18)27/h3-12,31H,1-2H3,(H,28,32)(H,33,34,35). The van der Waals surface area contributed by atoms with E-state index in [1.54, 1.807) is 42.5 Å². The first kappa shape index (κ1) is 26.4. The molecule has 0 spiro atoms. The van der Waals surface area contributed by atoms with Crippen LogP contribution in [-0.4, -0.2) is 31.1 Å². The van der Waals surface area contributed by atoms with Crippen LogP contribution in [0.3, 0.4) is 0 Å². The number of methoxy groups -OCH3 is 1. The van der Waals surface area contributed by atoms with Gasteiger partial charge in [0, 0.05) is 5.39 Å². The molecular weight excluding hydrogens is 541 g/mol. The maximum absolute atomic E-state index is 13.1. The molecule has 9 nitrogen and oxygen atoms in total. The number of benzene rings is 4. The number of nitrogens with zero attached hydrogens (tertiary/aromatic N) is 2. The number of aromatic hydroxyl groups is 1. The summed E-state index contributed by atoms with van der Waals surface area (Å²) < 4.78 is 37.6. The second kappa shape index (κ2) is 10.3. The van der Waals surface area contributed by atoms with Crippen molar-refractivity contribution in [3.05, 3.63) is 81.8 Å². The largest absolute Gasteiger partial charge is 0.505 e. The molecule has 37 heavy (non-hydrogen) atoms. The lowest BCUT2D eigenvalue weighted by atomic mass is 10.0. The van der Waals surface area contributed by atoms with Crippen molar-refractivity contribution in [1.29, 1.82) is 0 Å². The molecule has 1 amide bonds. The Bertz CT molecular complexity index is 1690. The highest BCUT2D eigenvalue weighted by Crippen LogP contribution is 2.41. The van der Waals surface area contributed by atoms with Crippen LogP contribution in [0.2, 0.25) is 10.0 Å². The minimum absolute atomic E-state index is 0.00688. The van der Waals surface area contributed by atoms with Crippen molar-refractivity contribution in [2.24, 2.45) is 10.2 Å². The normalized spacial score (nSPS) is 11.7. The Balaban J connectivity index is 1.79. The number of phenols is 1. The summed E-state index contributed by atoms with van der Waals surface area (Å²) in [5, 5.41) is 23.1. The van der Waals surface area contributed by atoms with Crippen molar-refractivity contribution >= 4 is 67.1 Å². The van der Waals surface area contributed by atoms with Gasteiger partial charge in [-0.25, -0.2) is 0 Å². The molecule has 4 rings (SSSR count). The fourth-order valence-electron chi connectivity index (χ4n) is 3.65. The lowest BCUT2D eigenvalue weighted by molar-refractivity contribution is 0.102. The molecule has 0 aromatic heterocycles. The summed E-state index contributed by atoms with van der Waals surface area (Å²) in [5.41, 5.74) is 0.470. The number of aryl methyl sites for hydroxylation is 1. The smallest absolute Gasteiger partial charge is 0.294 e. The van der Waals surface area contributed by atoms with E-state index in [9.17, 15) is 22.9 Å². The zero-order valence-corrected chi connectivity index (χ0v) is 21.7. The maximum atomic E-state index is 13.1. The number of hydrogen-bond donors (Lipinski definition) is 3. The van der Waals surface area contributed by atoms with Gasteiger partial charge >= 0.3 is 0 Å². The fourth-order valence-corrected chi connectivity index (χ4v) is 4.90. The van der Waals surface area contributed by atoms with E-state index in [0.29, 0.717) is 16.5 Å². The van der Waals surface area contributed by atoms with Gasteiger partial charge in [0.1, 0.15) is 22.1 Å². The highest BCUT2D eigenvalue weighted by molar-refractivity contribution is 7.85. The number of fused-ring (bicyclic) bond motifs is 1. The number of nitrogens with one attached hydrogen (secondary N) is 1. The van der Waals surface area contributed by atoms with Gasteiger partial charge in [0.2, 0.25) is 0 Å². The Labute approximate surface area is 222 Å². The number of hydrogen-bond acceptors (Lipinski definition) is 7. The van der Waals surface area contributed by atoms with E-state index < -0.39 is 21.8 Å². The molecular formula is C25H19Cl2N3O6S. The van der Waals surface area contributed by atoms with Gasteiger partial charge in [0.25, 0.3) is 16.0 Å². The van der Waals surface area contributed by atoms with Crippen LogP contribution in [0, 0.1) is 6.92 Å². The number of carbonyl (C=O) groups is 1. The van der Waals surface area contributed by atoms with Crippen LogP contribution in [0.1, 0.15) is 15.9 Å². The van der Waals surface area contributed by atoms with Crippen molar-refractivity contribution in [1.82, 2.24) is 0 Å². The first-order valence-electron chi connectivity index (χ1n) is 10.6. The van der Waals surface area contributed by atoms with Gasteiger partial charge in [-0.2, -0.15) is 8.42 Å². The number of anilines is 1. The zero-order valence-electron chi connectivity index (χ0n) is 19.4. The van der Waals surface area contributed by atoms with Gasteiger partial charge in [0.05, 0.1) is 28.3 Å². The van der Waals surface area contributed by atoms with Crippen LogP contribution in [0.4, 0.5) is 17.1 Å². The van der Waals surface area contributed by atoms with Crippen molar-refractivity contribution in [3.63, 3.8) is 0 Å². The van der Waals surface area contributed by atoms with Crippen LogP contribution in [0.25, 0.3) is 10.8 Å². The van der Waals surface area contributed by atoms with Crippen LogP contribution in [0.15, 0.2) is 75.8 Å². The summed E-state index contributed by atoms with van der Waals surface area (Å²) in [6.07, 6.45) is 0. The third-order valence-corrected chi connectivity index (χ3v) is 7.14. The number of amides is 1. The molecule has 0 aliphatic rings. The molecule has 4 aromatic carbocycles. The minimum Gasteiger partial charge on any atom is -0.505 e. The summed E-state index contributed by atoms with van der Waals surface area (Å²) >= 11 is 12.5. The van der Waals surface area contributed by atoms with E-state index in [-0.39, 0.29) is 43.1 Å². The van der Waals surface area contributed by atoms with Gasteiger partial charge < -0.3 is 15.2 Å². The quantitative estimate of drug-likeness (QED) is 0.170. The topological polar surface area (TPSA) is 138 Å². The summed E-state index contributed by atoms with van der Waals surface area (Å²) in [5.74, 6) is -0.730. The molecule has 0 heterocycles. The van der Waals surface area contributed by atoms with Crippen molar-refractivity contribution in [2.75, 3.05) is 12.4 Å². The molecule has 3 N–H and O–H groups in total. The fraction of sp³-hybridized carbons (Fsp3) is 0.0800. The van der Waals surface area contributed by atoms with Gasteiger partial charge in [-0.05, 0) is 48.2 Å². The van der Waals surface area contributed by atoms with Crippen LogP contribution in [0.5, 0.6) is 11.5 Å². The summed E-state index contributed by atoms with van der Waals surface area (Å²) in [4.78, 5) is 12.8. The number of rotatable bonds is 6. The lowest BCUT2D eigenvalue weighted by Crippen LogP contribution is -2.12. The number of carbonyl (C=O) groups excluding carboxylic acids is 1. The summed E-state index contributed by atoms with van der Waals surface area (Å²) in [6.45, 7) is 1.46. The molecule has 0 radical (unpaired) electrons. The summed E-state index contributed by atoms with van der Waals surface area (Å²) in [7, 11) is -3.03. The average Bonchev–Trinajstić information content (AvgIpc) is 2.85. The second-order valence-corrected chi connectivity index (χ2v) is 10.0. The monoisotopic (exact) mass is 559 g/mol. The van der Waals surface area contributed by atoms with Gasteiger partial charge in [-0.1, -0.05) is 53.5 Å². The van der Waals surface area contributed by atoms with E-state index in [1.807, 2.05) is 0 Å². The highest BCUT2D eigenvalue weighted by Gasteiger charge is 2.21. The molecule has 0 saturated carbocycles. The molecule has 0 saturated heterocycles. The molecule has 4 aromatic rings. The Morgan fingerprint density at radius 3 is 2.46 bits per heavy atom. The van der Waals surface area contributed by atoms with Crippen LogP contribution in [-0.2, 0) is 10.1 Å². The van der Waals surface area contributed by atoms with E-state index in [0.717, 1.165) is 6.07 Å². The molecule has 0 aliphatic carbocycles. The average molecular weight is 560 g/mol. The molecule has 0 unspecified atom stereocenters. The first-order valence-corrected chi connectivity index (χ1v) is 12.8. The zero-order chi connectivity index (χ0) is 26.9. The third-order valence-electron chi connectivity index (χ3n) is 5.45. The predicted molar refractivity (Wildman–Crippen MR) is 142 cm³/mol. The number of phenolic OH excluding ortho intramolecular Hbond substituents is 1. The number of halogens is 2. The van der Waals surface area contributed by atoms with E-state index in [4.69, 9.17) is 27.9 Å². The number of azo groups is 1. The highest BCUT2D eigenvalue weighted by atomic mass is 35.5.